The van der Waals surface area contributed by atoms with Crippen LogP contribution in [0.2, 0.25) is 0 Å². The van der Waals surface area contributed by atoms with Gasteiger partial charge >= 0.3 is 0 Å². The molecular formula is C26H33FN2O3S. The molecule has 0 bridgehead atoms. The van der Waals surface area contributed by atoms with Crippen LogP contribution in [-0.4, -0.2) is 42.7 Å². The van der Waals surface area contributed by atoms with Gasteiger partial charge in [-0.05, 0) is 81.7 Å². The van der Waals surface area contributed by atoms with Crippen molar-refractivity contribution in [3.63, 3.8) is 0 Å². The van der Waals surface area contributed by atoms with E-state index in [0.29, 0.717) is 36.4 Å². The molecular weight excluding hydrogens is 439 g/mol. The number of rotatable bonds is 6. The van der Waals surface area contributed by atoms with Crippen molar-refractivity contribution in [3.8, 4) is 0 Å². The number of halogens is 1. The van der Waals surface area contributed by atoms with Crippen LogP contribution in [0.15, 0.2) is 35.2 Å². The third-order valence-corrected chi connectivity index (χ3v) is 9.44. The maximum absolute atomic E-state index is 14.2. The van der Waals surface area contributed by atoms with Crippen LogP contribution in [0.5, 0.6) is 0 Å². The fourth-order valence-corrected chi connectivity index (χ4v) is 6.90. The molecule has 0 atom stereocenters. The maximum Gasteiger partial charge on any atom is 0.243 e. The van der Waals surface area contributed by atoms with Crippen molar-refractivity contribution >= 4 is 15.9 Å². The number of hydrogen-bond acceptors (Lipinski definition) is 3. The second-order valence-corrected chi connectivity index (χ2v) is 11.4. The average Bonchev–Trinajstić information content (AvgIpc) is 3.62. The fourth-order valence-electron chi connectivity index (χ4n) is 4.86. The highest BCUT2D eigenvalue weighted by Crippen LogP contribution is 2.34. The Kier molecular flexibility index (Phi) is 6.65. The molecule has 0 N–H and O–H groups in total. The van der Waals surface area contributed by atoms with Crippen molar-refractivity contribution in [1.82, 2.24) is 9.21 Å². The first-order valence-electron chi connectivity index (χ1n) is 11.7. The largest absolute Gasteiger partial charge is 0.335 e. The molecule has 0 aromatic heterocycles. The van der Waals surface area contributed by atoms with Gasteiger partial charge in [0.25, 0.3) is 0 Å². The first-order chi connectivity index (χ1) is 15.6. The van der Waals surface area contributed by atoms with Crippen LogP contribution in [0, 0.1) is 39.4 Å². The molecule has 0 radical (unpaired) electrons. The average molecular weight is 473 g/mol. The molecule has 1 saturated carbocycles. The van der Waals surface area contributed by atoms with Crippen LogP contribution in [0.4, 0.5) is 4.39 Å². The van der Waals surface area contributed by atoms with Crippen LogP contribution < -0.4 is 0 Å². The summed E-state index contributed by atoms with van der Waals surface area (Å²) in [6.45, 7) is 8.52. The van der Waals surface area contributed by atoms with Crippen molar-refractivity contribution < 1.29 is 17.6 Å². The molecule has 2 aromatic rings. The molecule has 33 heavy (non-hydrogen) atoms. The van der Waals surface area contributed by atoms with Gasteiger partial charge in [-0.15, -0.1) is 0 Å². The standard InChI is InChI=1S/C26H33FN2O3S/c1-17-15-18(2)20(4)25(19(17)3)33(31,32)28-13-11-21(12-14-28)26(30)29(23-9-10-23)16-22-7-5-6-8-24(22)27/h5-8,15,21,23H,9-14,16H2,1-4H3. The van der Waals surface area contributed by atoms with Crippen LogP contribution in [-0.2, 0) is 21.4 Å². The molecule has 2 aliphatic rings. The van der Waals surface area contributed by atoms with E-state index in [2.05, 4.69) is 0 Å². The van der Waals surface area contributed by atoms with Crippen LogP contribution in [0.1, 0.15) is 53.5 Å². The van der Waals surface area contributed by atoms with Crippen LogP contribution in [0.25, 0.3) is 0 Å². The van der Waals surface area contributed by atoms with E-state index < -0.39 is 10.0 Å². The van der Waals surface area contributed by atoms with E-state index in [1.807, 2.05) is 38.7 Å². The lowest BCUT2D eigenvalue weighted by molar-refractivity contribution is -0.138. The number of hydrogen-bond donors (Lipinski definition) is 0. The Morgan fingerprint density at radius 3 is 2.12 bits per heavy atom. The number of amides is 1. The van der Waals surface area contributed by atoms with E-state index in [4.69, 9.17) is 0 Å². The molecule has 0 spiro atoms. The Bertz CT molecular complexity index is 1140. The number of piperidine rings is 1. The van der Waals surface area contributed by atoms with Crippen molar-refractivity contribution in [2.45, 2.75) is 70.9 Å². The Morgan fingerprint density at radius 2 is 1.58 bits per heavy atom. The van der Waals surface area contributed by atoms with Gasteiger partial charge in [0.05, 0.1) is 4.90 Å². The van der Waals surface area contributed by atoms with Gasteiger partial charge in [-0.1, -0.05) is 24.3 Å². The summed E-state index contributed by atoms with van der Waals surface area (Å²) in [6.07, 6.45) is 2.86. The molecule has 1 aliphatic carbocycles. The molecule has 178 valence electrons. The normalized spacial score (nSPS) is 17.8. The summed E-state index contributed by atoms with van der Waals surface area (Å²) in [5.74, 6) is -0.502. The number of benzene rings is 2. The Morgan fingerprint density at radius 1 is 1.00 bits per heavy atom. The zero-order valence-electron chi connectivity index (χ0n) is 19.9. The molecule has 1 amide bonds. The van der Waals surface area contributed by atoms with E-state index >= 15 is 0 Å². The summed E-state index contributed by atoms with van der Waals surface area (Å²) in [5.41, 5.74) is 4.05. The first-order valence-corrected chi connectivity index (χ1v) is 13.2. The second kappa shape index (κ2) is 9.18. The third-order valence-electron chi connectivity index (χ3n) is 7.27. The minimum atomic E-state index is -3.64. The van der Waals surface area contributed by atoms with Gasteiger partial charge in [-0.25, -0.2) is 12.8 Å². The summed E-state index contributed by atoms with van der Waals surface area (Å²) in [4.78, 5) is 15.6. The van der Waals surface area contributed by atoms with Crippen LogP contribution >= 0.6 is 0 Å². The highest BCUT2D eigenvalue weighted by Gasteiger charge is 2.39. The second-order valence-electron chi connectivity index (χ2n) is 9.56. The zero-order valence-corrected chi connectivity index (χ0v) is 20.7. The van der Waals surface area contributed by atoms with Gasteiger partial charge in [0.1, 0.15) is 5.82 Å². The van der Waals surface area contributed by atoms with E-state index in [1.165, 1.54) is 10.4 Å². The highest BCUT2D eigenvalue weighted by atomic mass is 32.2. The van der Waals surface area contributed by atoms with Gasteiger partial charge in [0.2, 0.25) is 15.9 Å². The van der Waals surface area contributed by atoms with E-state index in [9.17, 15) is 17.6 Å². The fraction of sp³-hybridized carbons (Fsp3) is 0.500. The molecule has 2 fully saturated rings. The van der Waals surface area contributed by atoms with Gasteiger partial charge < -0.3 is 4.90 Å². The predicted molar refractivity (Wildman–Crippen MR) is 127 cm³/mol. The number of nitrogens with zero attached hydrogens (tertiary/aromatic N) is 2. The smallest absolute Gasteiger partial charge is 0.243 e. The zero-order chi connectivity index (χ0) is 23.9. The van der Waals surface area contributed by atoms with Gasteiger partial charge in [0, 0.05) is 37.2 Å². The summed E-state index contributed by atoms with van der Waals surface area (Å²) < 4.78 is 42.8. The monoisotopic (exact) mass is 472 g/mol. The van der Waals surface area contributed by atoms with Crippen molar-refractivity contribution in [2.75, 3.05) is 13.1 Å². The first kappa shape index (κ1) is 23.9. The molecule has 0 unspecified atom stereocenters. The van der Waals surface area contributed by atoms with E-state index in [1.54, 1.807) is 18.2 Å². The predicted octanol–water partition coefficient (Wildman–Crippen LogP) is 4.65. The lowest BCUT2D eigenvalue weighted by Gasteiger charge is -2.34. The van der Waals surface area contributed by atoms with Crippen molar-refractivity contribution in [3.05, 3.63) is 64.0 Å². The Hall–Kier alpha value is -2.25. The Labute approximate surface area is 196 Å². The molecule has 4 rings (SSSR count). The molecule has 1 saturated heterocycles. The Balaban J connectivity index is 1.48. The minimum absolute atomic E-state index is 0.0246. The van der Waals surface area contributed by atoms with Gasteiger partial charge in [0.15, 0.2) is 0 Å². The lowest BCUT2D eigenvalue weighted by Crippen LogP contribution is -2.45. The molecule has 2 aromatic carbocycles. The lowest BCUT2D eigenvalue weighted by atomic mass is 9.96. The topological polar surface area (TPSA) is 57.7 Å². The third kappa shape index (κ3) is 4.71. The molecule has 5 nitrogen and oxygen atoms in total. The maximum atomic E-state index is 14.2. The van der Waals surface area contributed by atoms with Crippen molar-refractivity contribution in [1.29, 1.82) is 0 Å². The van der Waals surface area contributed by atoms with Crippen LogP contribution in [0.3, 0.4) is 0 Å². The summed E-state index contributed by atoms with van der Waals surface area (Å²) >= 11 is 0. The van der Waals surface area contributed by atoms with Gasteiger partial charge in [-0.2, -0.15) is 4.31 Å². The molecule has 7 heteroatoms. The van der Waals surface area contributed by atoms with Crippen molar-refractivity contribution in [2.24, 2.45) is 5.92 Å². The summed E-state index contributed by atoms with van der Waals surface area (Å²) in [6, 6.07) is 8.77. The molecule has 1 aliphatic heterocycles. The quantitative estimate of drug-likeness (QED) is 0.615. The van der Waals surface area contributed by atoms with E-state index in [-0.39, 0.29) is 30.2 Å². The SMILES string of the molecule is Cc1cc(C)c(C)c(S(=O)(=O)N2CCC(C(=O)N(Cc3ccccc3F)C3CC3)CC2)c1C. The number of aryl methyl sites for hydroxylation is 2. The molecule has 1 heterocycles. The highest BCUT2D eigenvalue weighted by molar-refractivity contribution is 7.89. The van der Waals surface area contributed by atoms with E-state index in [0.717, 1.165) is 35.1 Å². The minimum Gasteiger partial charge on any atom is -0.335 e. The number of sulfonamides is 1. The van der Waals surface area contributed by atoms with Gasteiger partial charge in [-0.3, -0.25) is 4.79 Å². The summed E-state index contributed by atoms with van der Waals surface area (Å²) in [7, 11) is -3.64. The number of carbonyl (C=O) groups excluding carboxylic acids is 1. The number of carbonyl (C=O) groups is 1. The summed E-state index contributed by atoms with van der Waals surface area (Å²) in [5, 5.41) is 0.